The molecule has 0 N–H and O–H groups in total. The maximum absolute atomic E-state index is 6.42. The molecule has 0 aliphatic carbocycles. The molecular weight excluding hydrogens is 951 g/mol. The van der Waals surface area contributed by atoms with E-state index in [2.05, 4.69) is 167 Å². The molecule has 0 atom stereocenters. The van der Waals surface area contributed by atoms with Crippen LogP contribution < -0.4 is 4.40 Å². The standard InChI is InChI=1S/C27H29N4O.C23H34GeN.Ir/c1-14(2)20-12-11-18-22-15(3)9-10-19(24(22)32-26(18)30-20)25-29-21-13-16(4)28-17(5)23(21)31(25)27(6,7)8;1-16(2)12-18-14-22(25-15-21(18)24(7,8)9)20-11-10-19(13-17(20)3)23(4,5)6;/h9,11-14H,1-8H3;10,13-16H,12H2,1-9H3;/q2*-1;. The molecule has 0 fully saturated rings. The van der Waals surface area contributed by atoms with Crippen molar-refractivity contribution >= 4 is 50.8 Å². The Labute approximate surface area is 363 Å². The van der Waals surface area contributed by atoms with E-state index in [9.17, 15) is 0 Å². The summed E-state index contributed by atoms with van der Waals surface area (Å²) >= 11 is -1.92. The Hall–Kier alpha value is -3.65. The summed E-state index contributed by atoms with van der Waals surface area (Å²) in [5.41, 5.74) is 14.7. The third-order valence-corrected chi connectivity index (χ3v) is 15.1. The number of aromatic nitrogens is 5. The van der Waals surface area contributed by atoms with E-state index in [-0.39, 0.29) is 31.1 Å². The molecule has 0 unspecified atom stereocenters. The smallest absolute Gasteiger partial charge is 0.216 e. The fourth-order valence-electron chi connectivity index (χ4n) is 7.86. The minimum Gasteiger partial charge on any atom is -0.486 e. The Morgan fingerprint density at radius 1 is 0.810 bits per heavy atom. The monoisotopic (exact) mass is 1020 g/mol. The first-order valence-corrected chi connectivity index (χ1v) is 27.9. The molecule has 0 aliphatic rings. The Kier molecular flexibility index (Phi) is 13.1. The fourth-order valence-corrected chi connectivity index (χ4v) is 11.2. The number of furan rings is 1. The summed E-state index contributed by atoms with van der Waals surface area (Å²) in [6.07, 6.45) is 3.30. The van der Waals surface area contributed by atoms with Crippen molar-refractivity contribution in [2.24, 2.45) is 5.92 Å². The van der Waals surface area contributed by atoms with Gasteiger partial charge in [-0.25, -0.2) is 4.98 Å². The maximum Gasteiger partial charge on any atom is 0.216 e. The predicted molar refractivity (Wildman–Crippen MR) is 244 cm³/mol. The summed E-state index contributed by atoms with van der Waals surface area (Å²) in [4.78, 5) is 19.5. The second kappa shape index (κ2) is 16.8. The Morgan fingerprint density at radius 2 is 1.48 bits per heavy atom. The summed E-state index contributed by atoms with van der Waals surface area (Å²) in [6, 6.07) is 22.1. The number of hydrogen-bond acceptors (Lipinski definition) is 5. The zero-order valence-electron chi connectivity index (χ0n) is 38.0. The quantitative estimate of drug-likeness (QED) is 0.123. The molecule has 58 heavy (non-hydrogen) atoms. The summed E-state index contributed by atoms with van der Waals surface area (Å²) in [6.45, 7) is 30.5. The van der Waals surface area contributed by atoms with E-state index < -0.39 is 13.3 Å². The van der Waals surface area contributed by atoms with Gasteiger partial charge in [0.05, 0.1) is 28.1 Å². The topological polar surface area (TPSA) is 69.6 Å². The summed E-state index contributed by atoms with van der Waals surface area (Å²) in [7, 11) is 0. The number of imidazole rings is 1. The van der Waals surface area contributed by atoms with Crippen LogP contribution in [0.4, 0.5) is 0 Å². The van der Waals surface area contributed by atoms with Crippen molar-refractivity contribution in [3.05, 3.63) is 100 Å². The van der Waals surface area contributed by atoms with Crippen LogP contribution in [0.5, 0.6) is 0 Å². The van der Waals surface area contributed by atoms with Crippen molar-refractivity contribution in [2.45, 2.75) is 137 Å². The van der Waals surface area contributed by atoms with E-state index in [1.165, 1.54) is 16.7 Å². The molecule has 6 nitrogen and oxygen atoms in total. The molecular formula is C50H63GeIrN5O-2. The van der Waals surface area contributed by atoms with Crippen molar-refractivity contribution in [2.75, 3.05) is 0 Å². The first-order chi connectivity index (χ1) is 26.4. The molecule has 309 valence electrons. The number of rotatable bonds is 6. The van der Waals surface area contributed by atoms with Gasteiger partial charge in [0.25, 0.3) is 0 Å². The number of hydrogen-bond donors (Lipinski definition) is 0. The van der Waals surface area contributed by atoms with Crippen LogP contribution in [0, 0.1) is 45.7 Å². The van der Waals surface area contributed by atoms with Gasteiger partial charge in [0.1, 0.15) is 0 Å². The minimum absolute atomic E-state index is 0. The fraction of sp³-hybridized carbons (Fsp3) is 0.440. The van der Waals surface area contributed by atoms with Crippen molar-refractivity contribution in [1.82, 2.24) is 24.5 Å². The predicted octanol–water partition coefficient (Wildman–Crippen LogP) is 12.9. The molecule has 0 bridgehead atoms. The second-order valence-electron chi connectivity index (χ2n) is 19.8. The normalized spacial score (nSPS) is 12.5. The van der Waals surface area contributed by atoms with Crippen molar-refractivity contribution < 1.29 is 24.5 Å². The van der Waals surface area contributed by atoms with Crippen LogP contribution in [0.25, 0.3) is 55.7 Å². The van der Waals surface area contributed by atoms with E-state index in [0.717, 1.165) is 79.1 Å². The molecule has 7 aromatic rings. The van der Waals surface area contributed by atoms with Crippen molar-refractivity contribution in [3.8, 4) is 22.6 Å². The third kappa shape index (κ3) is 9.22. The number of nitrogens with zero attached hydrogens (tertiary/aromatic N) is 5. The molecule has 7 rings (SSSR count). The molecule has 0 saturated heterocycles. The van der Waals surface area contributed by atoms with Gasteiger partial charge < -0.3 is 8.98 Å². The van der Waals surface area contributed by atoms with Crippen LogP contribution >= 0.6 is 0 Å². The second-order valence-corrected chi connectivity index (χ2v) is 30.4. The van der Waals surface area contributed by atoms with Gasteiger partial charge in [0.15, 0.2) is 0 Å². The van der Waals surface area contributed by atoms with Crippen LogP contribution in [0.15, 0.2) is 53.1 Å². The zero-order chi connectivity index (χ0) is 41.9. The van der Waals surface area contributed by atoms with Crippen molar-refractivity contribution in [3.63, 3.8) is 0 Å². The molecule has 5 aromatic heterocycles. The summed E-state index contributed by atoms with van der Waals surface area (Å²) < 4.78 is 10.2. The zero-order valence-corrected chi connectivity index (χ0v) is 42.5. The van der Waals surface area contributed by atoms with Gasteiger partial charge >= 0.3 is 158 Å². The van der Waals surface area contributed by atoms with Gasteiger partial charge in [0.2, 0.25) is 5.71 Å². The van der Waals surface area contributed by atoms with Crippen LogP contribution in [0.1, 0.15) is 114 Å². The van der Waals surface area contributed by atoms with Crippen LogP contribution in [-0.2, 0) is 37.5 Å². The van der Waals surface area contributed by atoms with Gasteiger partial charge in [0, 0.05) is 42.4 Å². The minimum atomic E-state index is -1.92. The number of aryl methyl sites for hydroxylation is 4. The molecule has 2 aromatic carbocycles. The molecule has 0 amide bonds. The SMILES string of the molecule is Cc1cc(C(C)(C)C)c[c-]c1-c1cc(CC(C)C)[c]([Ge]([CH3])([CH3])[CH3])cn1.Cc1cc2nc(-c3[c-]cc(C)c4c3oc3nc(C(C)C)ccc34)n(C(C)(C)C)c2c(C)n1.[Ir]. The van der Waals surface area contributed by atoms with Gasteiger partial charge in [-0.15, -0.1) is 17.7 Å². The third-order valence-electron chi connectivity index (χ3n) is 10.7. The van der Waals surface area contributed by atoms with Gasteiger partial charge in [-0.2, -0.15) is 0 Å². The molecule has 5 heterocycles. The van der Waals surface area contributed by atoms with Gasteiger partial charge in [-0.3, -0.25) is 9.97 Å². The van der Waals surface area contributed by atoms with Gasteiger partial charge in [-0.1, -0.05) is 31.7 Å². The Bertz CT molecular complexity index is 2610. The first kappa shape index (κ1) is 45.4. The molecule has 1 radical (unpaired) electrons. The van der Waals surface area contributed by atoms with Crippen LogP contribution in [-0.4, -0.2) is 37.8 Å². The number of fused-ring (bicyclic) bond motifs is 4. The molecule has 8 heteroatoms. The van der Waals surface area contributed by atoms with E-state index in [1.54, 1.807) is 4.40 Å². The average Bonchev–Trinajstić information content (AvgIpc) is 3.67. The molecule has 0 aliphatic heterocycles. The number of pyridine rings is 3. The van der Waals surface area contributed by atoms with E-state index in [1.807, 2.05) is 13.0 Å². The van der Waals surface area contributed by atoms with Crippen LogP contribution in [0.2, 0.25) is 17.3 Å². The Balaban J connectivity index is 0.000000224. The largest absolute Gasteiger partial charge is 0.486 e. The van der Waals surface area contributed by atoms with E-state index in [4.69, 9.17) is 24.4 Å². The Morgan fingerprint density at radius 3 is 2.07 bits per heavy atom. The number of benzene rings is 2. The van der Waals surface area contributed by atoms with E-state index >= 15 is 0 Å². The molecule has 0 saturated carbocycles. The summed E-state index contributed by atoms with van der Waals surface area (Å²) in [5, 5.41) is 2.11. The van der Waals surface area contributed by atoms with Crippen LogP contribution in [0.3, 0.4) is 0 Å². The molecule has 0 spiro atoms. The first-order valence-electron chi connectivity index (χ1n) is 20.6. The van der Waals surface area contributed by atoms with E-state index in [0.29, 0.717) is 17.5 Å². The average molecular weight is 1010 g/mol. The summed E-state index contributed by atoms with van der Waals surface area (Å²) in [5.74, 6) is 9.20. The van der Waals surface area contributed by atoms with Crippen molar-refractivity contribution in [1.29, 1.82) is 0 Å². The van der Waals surface area contributed by atoms with Gasteiger partial charge in [-0.05, 0) is 58.7 Å². The maximum atomic E-state index is 6.42.